The Labute approximate surface area is 69.5 Å². The number of halogens is 3. The van der Waals surface area contributed by atoms with Gasteiger partial charge in [-0.2, -0.15) is 13.2 Å². The first-order valence-corrected chi connectivity index (χ1v) is 3.09. The average molecular weight is 199 g/mol. The molecule has 1 heterocycles. The van der Waals surface area contributed by atoms with Crippen molar-refractivity contribution >= 4 is 12.1 Å². The molecule has 0 spiro atoms. The van der Waals surface area contributed by atoms with Crippen molar-refractivity contribution in [1.29, 1.82) is 0 Å². The van der Waals surface area contributed by atoms with Crippen molar-refractivity contribution < 1.29 is 32.6 Å². The van der Waals surface area contributed by atoms with Crippen LogP contribution in [0.1, 0.15) is 0 Å². The smallest absolute Gasteiger partial charge is 0.428 e. The van der Waals surface area contributed by atoms with Crippen LogP contribution in [0.5, 0.6) is 0 Å². The molecule has 0 saturated carbocycles. The molecule has 8 heteroatoms. The minimum Gasteiger partial charge on any atom is -0.480 e. The molecule has 13 heavy (non-hydrogen) atoms. The number of rotatable bonds is 1. The van der Waals surface area contributed by atoms with E-state index in [1.807, 2.05) is 0 Å². The monoisotopic (exact) mass is 199 g/mol. The highest BCUT2D eigenvalue weighted by Gasteiger charge is 2.55. The summed E-state index contributed by atoms with van der Waals surface area (Å²) in [6, 6.07) is -2.06. The van der Waals surface area contributed by atoms with Gasteiger partial charge in [0.05, 0.1) is 0 Å². The fourth-order valence-electron chi connectivity index (χ4n) is 0.867. The quantitative estimate of drug-likeness (QED) is 0.628. The van der Waals surface area contributed by atoms with Gasteiger partial charge in [-0.25, -0.2) is 9.59 Å². The summed E-state index contributed by atoms with van der Waals surface area (Å²) in [4.78, 5) is 20.5. The fraction of sp³-hybridized carbons (Fsp3) is 0.600. The average Bonchev–Trinajstić information content (AvgIpc) is 2.29. The summed E-state index contributed by atoms with van der Waals surface area (Å²) >= 11 is 0. The number of ether oxygens (including phenoxy) is 1. The van der Waals surface area contributed by atoms with Crippen molar-refractivity contribution in [3.05, 3.63) is 0 Å². The summed E-state index contributed by atoms with van der Waals surface area (Å²) in [6.07, 6.45) is -8.87. The largest absolute Gasteiger partial charge is 0.480 e. The summed E-state index contributed by atoms with van der Waals surface area (Å²) in [5.41, 5.74) is 0. The van der Waals surface area contributed by atoms with E-state index in [-0.39, 0.29) is 0 Å². The minimum atomic E-state index is -4.87. The van der Waals surface area contributed by atoms with Crippen molar-refractivity contribution in [3.8, 4) is 0 Å². The standard InChI is InChI=1S/C5H4F3NO4/c6-5(7,8)2-1(3(10)11)9-4(12)13-2/h1-2H,(H,9,12)(H,10,11)/t1-,2+/m1/s1. The van der Waals surface area contributed by atoms with Crippen molar-refractivity contribution in [3.63, 3.8) is 0 Å². The fourth-order valence-corrected chi connectivity index (χ4v) is 0.867. The van der Waals surface area contributed by atoms with Gasteiger partial charge >= 0.3 is 18.2 Å². The number of hydrogen-bond acceptors (Lipinski definition) is 3. The Kier molecular flexibility index (Phi) is 2.06. The van der Waals surface area contributed by atoms with Crippen LogP contribution in [0.2, 0.25) is 0 Å². The molecule has 0 radical (unpaired) electrons. The molecule has 1 rings (SSSR count). The third kappa shape index (κ3) is 1.82. The zero-order valence-corrected chi connectivity index (χ0v) is 5.96. The highest BCUT2D eigenvalue weighted by molar-refractivity contribution is 5.83. The van der Waals surface area contributed by atoms with Gasteiger partial charge in [-0.3, -0.25) is 0 Å². The van der Waals surface area contributed by atoms with Gasteiger partial charge in [-0.05, 0) is 0 Å². The lowest BCUT2D eigenvalue weighted by molar-refractivity contribution is -0.203. The van der Waals surface area contributed by atoms with E-state index in [9.17, 15) is 22.8 Å². The molecule has 2 N–H and O–H groups in total. The van der Waals surface area contributed by atoms with E-state index in [2.05, 4.69) is 4.74 Å². The lowest BCUT2D eigenvalue weighted by atomic mass is 10.2. The van der Waals surface area contributed by atoms with Crippen LogP contribution in [-0.4, -0.2) is 35.5 Å². The molecule has 0 unspecified atom stereocenters. The van der Waals surface area contributed by atoms with Crippen LogP contribution in [0.25, 0.3) is 0 Å². The Hall–Kier alpha value is -1.47. The van der Waals surface area contributed by atoms with Gasteiger partial charge in [-0.15, -0.1) is 0 Å². The van der Waals surface area contributed by atoms with Gasteiger partial charge in [-0.1, -0.05) is 0 Å². The second kappa shape index (κ2) is 2.79. The second-order valence-electron chi connectivity index (χ2n) is 2.33. The third-order valence-electron chi connectivity index (χ3n) is 1.40. The molecule has 1 aliphatic heterocycles. The Morgan fingerprint density at radius 2 is 2.08 bits per heavy atom. The molecule has 74 valence electrons. The number of carbonyl (C=O) groups excluding carboxylic acids is 1. The first-order chi connectivity index (χ1) is 5.82. The predicted octanol–water partition coefficient (Wildman–Crippen LogP) is 0.110. The SMILES string of the molecule is O=C1N[C@@H](C(=O)O)[C@@H](C(F)(F)F)O1. The number of carbonyl (C=O) groups is 2. The maximum atomic E-state index is 12.0. The van der Waals surface area contributed by atoms with E-state index in [1.165, 1.54) is 5.32 Å². The lowest BCUT2D eigenvalue weighted by Gasteiger charge is -2.15. The van der Waals surface area contributed by atoms with Crippen LogP contribution in [0, 0.1) is 0 Å². The van der Waals surface area contributed by atoms with Crippen molar-refractivity contribution in [2.24, 2.45) is 0 Å². The number of aliphatic carboxylic acids is 1. The molecule has 1 saturated heterocycles. The molecular weight excluding hydrogens is 195 g/mol. The number of carboxylic acid groups (broad SMARTS) is 1. The second-order valence-corrected chi connectivity index (χ2v) is 2.33. The highest BCUT2D eigenvalue weighted by Crippen LogP contribution is 2.28. The maximum absolute atomic E-state index is 12.0. The van der Waals surface area contributed by atoms with Crippen molar-refractivity contribution in [2.45, 2.75) is 18.3 Å². The normalized spacial score (nSPS) is 28.1. The first kappa shape index (κ1) is 9.62. The summed E-state index contributed by atoms with van der Waals surface area (Å²) in [5, 5.41) is 9.80. The van der Waals surface area contributed by atoms with Crippen LogP contribution < -0.4 is 5.32 Å². The van der Waals surface area contributed by atoms with Crippen LogP contribution in [-0.2, 0) is 9.53 Å². The summed E-state index contributed by atoms with van der Waals surface area (Å²) in [5.74, 6) is -1.78. The first-order valence-electron chi connectivity index (χ1n) is 3.09. The minimum absolute atomic E-state index is 1.38. The molecule has 0 bridgehead atoms. The Morgan fingerprint density at radius 3 is 2.38 bits per heavy atom. The Morgan fingerprint density at radius 1 is 1.54 bits per heavy atom. The van der Waals surface area contributed by atoms with Gasteiger partial charge in [0, 0.05) is 0 Å². The Balaban J connectivity index is 2.84. The van der Waals surface area contributed by atoms with Gasteiger partial charge in [0.15, 0.2) is 6.04 Å². The van der Waals surface area contributed by atoms with E-state index in [1.54, 1.807) is 0 Å². The van der Waals surface area contributed by atoms with Crippen LogP contribution in [0.3, 0.4) is 0 Å². The summed E-state index contributed by atoms with van der Waals surface area (Å²) in [7, 11) is 0. The molecule has 5 nitrogen and oxygen atoms in total. The van der Waals surface area contributed by atoms with E-state index < -0.39 is 30.4 Å². The molecule has 1 fully saturated rings. The maximum Gasteiger partial charge on any atom is 0.428 e. The predicted molar refractivity (Wildman–Crippen MR) is 30.9 cm³/mol. The number of carboxylic acids is 1. The zero-order valence-electron chi connectivity index (χ0n) is 5.96. The van der Waals surface area contributed by atoms with E-state index in [0.29, 0.717) is 0 Å². The molecule has 0 aromatic heterocycles. The van der Waals surface area contributed by atoms with Crippen LogP contribution >= 0.6 is 0 Å². The molecular formula is C5H4F3NO4. The van der Waals surface area contributed by atoms with E-state index in [0.717, 1.165) is 0 Å². The Bertz CT molecular complexity index is 251. The van der Waals surface area contributed by atoms with Crippen molar-refractivity contribution in [1.82, 2.24) is 5.32 Å². The highest BCUT2D eigenvalue weighted by atomic mass is 19.4. The lowest BCUT2D eigenvalue weighted by Crippen LogP contribution is -2.46. The molecule has 1 amide bonds. The molecule has 2 atom stereocenters. The number of amides is 1. The van der Waals surface area contributed by atoms with Gasteiger partial charge < -0.3 is 15.2 Å². The van der Waals surface area contributed by atoms with Crippen LogP contribution in [0.15, 0.2) is 0 Å². The zero-order chi connectivity index (χ0) is 10.2. The molecule has 1 aliphatic rings. The number of alkyl halides is 3. The number of nitrogens with one attached hydrogen (secondary N) is 1. The van der Waals surface area contributed by atoms with Crippen LogP contribution in [0.4, 0.5) is 18.0 Å². The van der Waals surface area contributed by atoms with Gasteiger partial charge in [0.25, 0.3) is 0 Å². The summed E-state index contributed by atoms with van der Waals surface area (Å²) < 4.78 is 39.6. The molecule has 0 aromatic rings. The third-order valence-corrected chi connectivity index (χ3v) is 1.40. The molecule has 0 aliphatic carbocycles. The number of cyclic esters (lactones) is 1. The topological polar surface area (TPSA) is 75.6 Å². The molecule has 0 aromatic carbocycles. The summed E-state index contributed by atoms with van der Waals surface area (Å²) in [6.45, 7) is 0. The van der Waals surface area contributed by atoms with Gasteiger partial charge in [0.1, 0.15) is 0 Å². The van der Waals surface area contributed by atoms with Crippen molar-refractivity contribution in [2.75, 3.05) is 0 Å². The number of hydrogen-bond donors (Lipinski definition) is 2. The van der Waals surface area contributed by atoms with E-state index >= 15 is 0 Å². The van der Waals surface area contributed by atoms with Gasteiger partial charge in [0.2, 0.25) is 6.10 Å². The number of alkyl carbamates (subject to hydrolysis) is 1. The van der Waals surface area contributed by atoms with E-state index in [4.69, 9.17) is 5.11 Å².